The van der Waals surface area contributed by atoms with E-state index in [4.69, 9.17) is 9.15 Å². The fraction of sp³-hybridized carbons (Fsp3) is 0.179. The minimum atomic E-state index is -0.181. The lowest BCUT2D eigenvalue weighted by molar-refractivity contribution is -0.111. The van der Waals surface area contributed by atoms with Gasteiger partial charge in [-0.3, -0.25) is 4.79 Å². The number of fused-ring (bicyclic) bond motifs is 1. The lowest BCUT2D eigenvalue weighted by atomic mass is 9.96. The van der Waals surface area contributed by atoms with Crippen molar-refractivity contribution in [2.45, 2.75) is 27.7 Å². The standard InChI is InChI=1S/C28H27NO3/c1-5-31-27-20(4)28-24(25(17-32-28)21-13-11-18(2)12-14-21)16-23(27)19(3)15-26(30)29-22-9-7-6-8-10-22/h6-17H,5H2,1-4H3,(H,29,30)/b19-15+. The molecule has 0 spiro atoms. The summed E-state index contributed by atoms with van der Waals surface area (Å²) in [7, 11) is 0. The summed E-state index contributed by atoms with van der Waals surface area (Å²) in [6, 6.07) is 19.9. The topological polar surface area (TPSA) is 51.5 Å². The second kappa shape index (κ2) is 9.15. The van der Waals surface area contributed by atoms with Gasteiger partial charge in [0, 0.05) is 33.8 Å². The Kier molecular flexibility index (Phi) is 6.13. The molecule has 1 N–H and O–H groups in total. The second-order valence-corrected chi connectivity index (χ2v) is 7.89. The summed E-state index contributed by atoms with van der Waals surface area (Å²) in [5.41, 5.74) is 7.51. The highest BCUT2D eigenvalue weighted by atomic mass is 16.5. The third-order valence-corrected chi connectivity index (χ3v) is 5.51. The molecule has 4 nitrogen and oxygen atoms in total. The SMILES string of the molecule is CCOc1c(/C(C)=C/C(=O)Nc2ccccc2)cc2c(-c3ccc(C)cc3)coc2c1C. The maximum atomic E-state index is 12.6. The summed E-state index contributed by atoms with van der Waals surface area (Å²) in [6.07, 6.45) is 3.41. The van der Waals surface area contributed by atoms with E-state index in [2.05, 4.69) is 42.6 Å². The first kappa shape index (κ1) is 21.4. The van der Waals surface area contributed by atoms with E-state index in [1.165, 1.54) is 5.56 Å². The van der Waals surface area contributed by atoms with E-state index < -0.39 is 0 Å². The van der Waals surface area contributed by atoms with Gasteiger partial charge in [-0.05, 0) is 57.0 Å². The van der Waals surface area contributed by atoms with Crippen LogP contribution in [0.4, 0.5) is 5.69 Å². The monoisotopic (exact) mass is 425 g/mol. The Morgan fingerprint density at radius 2 is 1.78 bits per heavy atom. The summed E-state index contributed by atoms with van der Waals surface area (Å²) >= 11 is 0. The van der Waals surface area contributed by atoms with Crippen molar-refractivity contribution in [3.63, 3.8) is 0 Å². The number of benzene rings is 3. The molecule has 0 aliphatic heterocycles. The number of ether oxygens (including phenoxy) is 1. The molecule has 162 valence electrons. The van der Waals surface area contributed by atoms with E-state index in [0.29, 0.717) is 6.61 Å². The summed E-state index contributed by atoms with van der Waals surface area (Å²) < 4.78 is 12.0. The van der Waals surface area contributed by atoms with Gasteiger partial charge < -0.3 is 14.5 Å². The molecule has 3 aromatic carbocycles. The van der Waals surface area contributed by atoms with Gasteiger partial charge in [-0.25, -0.2) is 0 Å². The van der Waals surface area contributed by atoms with Gasteiger partial charge in [-0.1, -0.05) is 48.0 Å². The number of hydrogen-bond donors (Lipinski definition) is 1. The first-order chi connectivity index (χ1) is 15.5. The molecule has 0 saturated carbocycles. The van der Waals surface area contributed by atoms with Crippen LogP contribution in [-0.2, 0) is 4.79 Å². The van der Waals surface area contributed by atoms with Gasteiger partial charge in [0.1, 0.15) is 11.3 Å². The number of allylic oxidation sites excluding steroid dienone is 1. The van der Waals surface area contributed by atoms with Crippen molar-refractivity contribution in [1.82, 2.24) is 0 Å². The molecule has 0 aliphatic rings. The summed E-state index contributed by atoms with van der Waals surface area (Å²) in [5.74, 6) is 0.561. The zero-order valence-corrected chi connectivity index (χ0v) is 18.9. The molecule has 4 rings (SSSR count). The molecule has 0 saturated heterocycles. The summed E-state index contributed by atoms with van der Waals surface area (Å²) in [5, 5.41) is 3.91. The molecule has 0 aliphatic carbocycles. The minimum Gasteiger partial charge on any atom is -0.493 e. The second-order valence-electron chi connectivity index (χ2n) is 7.89. The molecular weight excluding hydrogens is 398 g/mol. The molecule has 0 radical (unpaired) electrons. The summed E-state index contributed by atoms with van der Waals surface area (Å²) in [6.45, 7) is 8.47. The van der Waals surface area contributed by atoms with Crippen LogP contribution in [0.5, 0.6) is 5.75 Å². The van der Waals surface area contributed by atoms with Crippen molar-refractivity contribution in [3.05, 3.63) is 89.7 Å². The predicted octanol–water partition coefficient (Wildman–Crippen LogP) is 7.16. The van der Waals surface area contributed by atoms with Gasteiger partial charge in [-0.15, -0.1) is 0 Å². The Morgan fingerprint density at radius 1 is 1.06 bits per heavy atom. The highest BCUT2D eigenvalue weighted by Gasteiger charge is 2.19. The maximum Gasteiger partial charge on any atom is 0.248 e. The first-order valence-electron chi connectivity index (χ1n) is 10.8. The number of aryl methyl sites for hydroxylation is 2. The number of para-hydroxylation sites is 1. The van der Waals surface area contributed by atoms with Crippen LogP contribution < -0.4 is 10.1 Å². The normalized spacial score (nSPS) is 11.6. The number of anilines is 1. The Morgan fingerprint density at radius 3 is 2.47 bits per heavy atom. The van der Waals surface area contributed by atoms with E-state index in [1.807, 2.05) is 51.1 Å². The van der Waals surface area contributed by atoms with E-state index in [-0.39, 0.29) is 5.91 Å². The molecule has 4 heteroatoms. The van der Waals surface area contributed by atoms with Gasteiger partial charge >= 0.3 is 0 Å². The lowest BCUT2D eigenvalue weighted by Crippen LogP contribution is -2.08. The summed E-state index contributed by atoms with van der Waals surface area (Å²) in [4.78, 5) is 12.6. The van der Waals surface area contributed by atoms with Crippen molar-refractivity contribution in [2.75, 3.05) is 11.9 Å². The van der Waals surface area contributed by atoms with Gasteiger partial charge in [-0.2, -0.15) is 0 Å². The number of hydrogen-bond acceptors (Lipinski definition) is 3. The Balaban J connectivity index is 1.79. The van der Waals surface area contributed by atoms with E-state index in [9.17, 15) is 4.79 Å². The lowest BCUT2D eigenvalue weighted by Gasteiger charge is -2.15. The molecule has 32 heavy (non-hydrogen) atoms. The van der Waals surface area contributed by atoms with Crippen LogP contribution in [0.1, 0.15) is 30.5 Å². The quantitative estimate of drug-likeness (QED) is 0.334. The predicted molar refractivity (Wildman–Crippen MR) is 131 cm³/mol. The van der Waals surface area contributed by atoms with Crippen LogP contribution in [0, 0.1) is 13.8 Å². The number of rotatable bonds is 6. The van der Waals surface area contributed by atoms with Gasteiger partial charge in [0.05, 0.1) is 12.9 Å². The van der Waals surface area contributed by atoms with Gasteiger partial charge in [0.2, 0.25) is 5.91 Å². The molecule has 4 aromatic rings. The number of amides is 1. The number of nitrogens with one attached hydrogen (secondary N) is 1. The Hall–Kier alpha value is -3.79. The maximum absolute atomic E-state index is 12.6. The fourth-order valence-corrected chi connectivity index (χ4v) is 3.87. The van der Waals surface area contributed by atoms with Crippen molar-refractivity contribution in [3.8, 4) is 16.9 Å². The zero-order chi connectivity index (χ0) is 22.7. The van der Waals surface area contributed by atoms with Crippen molar-refractivity contribution >= 4 is 28.1 Å². The number of carbonyl (C=O) groups is 1. The Bertz CT molecular complexity index is 1280. The molecule has 1 heterocycles. The third-order valence-electron chi connectivity index (χ3n) is 5.51. The van der Waals surface area contributed by atoms with Crippen LogP contribution in [-0.4, -0.2) is 12.5 Å². The average Bonchev–Trinajstić information content (AvgIpc) is 3.21. The fourth-order valence-electron chi connectivity index (χ4n) is 3.87. The highest BCUT2D eigenvalue weighted by Crippen LogP contribution is 2.40. The van der Waals surface area contributed by atoms with E-state index in [0.717, 1.165) is 50.2 Å². The Labute approximate surface area is 188 Å². The largest absolute Gasteiger partial charge is 0.493 e. The van der Waals surface area contributed by atoms with Gasteiger partial charge in [0.15, 0.2) is 0 Å². The molecule has 1 aromatic heterocycles. The molecular formula is C28H27NO3. The first-order valence-corrected chi connectivity index (χ1v) is 10.8. The molecule has 0 bridgehead atoms. The van der Waals surface area contributed by atoms with Crippen LogP contribution in [0.2, 0.25) is 0 Å². The van der Waals surface area contributed by atoms with Gasteiger partial charge in [0.25, 0.3) is 0 Å². The number of carbonyl (C=O) groups excluding carboxylic acids is 1. The van der Waals surface area contributed by atoms with Crippen molar-refractivity contribution in [2.24, 2.45) is 0 Å². The number of furan rings is 1. The van der Waals surface area contributed by atoms with E-state index in [1.54, 1.807) is 12.3 Å². The molecule has 1 amide bonds. The molecule has 0 atom stereocenters. The molecule has 0 fully saturated rings. The van der Waals surface area contributed by atoms with E-state index >= 15 is 0 Å². The van der Waals surface area contributed by atoms with Crippen LogP contribution in [0.25, 0.3) is 27.7 Å². The van der Waals surface area contributed by atoms with Crippen molar-refractivity contribution < 1.29 is 13.9 Å². The molecule has 0 unspecified atom stereocenters. The van der Waals surface area contributed by atoms with Crippen LogP contribution in [0.15, 0.2) is 77.4 Å². The third kappa shape index (κ3) is 4.30. The smallest absolute Gasteiger partial charge is 0.248 e. The minimum absolute atomic E-state index is 0.181. The van der Waals surface area contributed by atoms with Crippen molar-refractivity contribution in [1.29, 1.82) is 0 Å². The highest BCUT2D eigenvalue weighted by molar-refractivity contribution is 6.06. The van der Waals surface area contributed by atoms with Crippen LogP contribution in [0.3, 0.4) is 0 Å². The average molecular weight is 426 g/mol. The van der Waals surface area contributed by atoms with Crippen LogP contribution >= 0.6 is 0 Å². The zero-order valence-electron chi connectivity index (χ0n) is 18.9.